The van der Waals surface area contributed by atoms with E-state index < -0.39 is 5.60 Å². The third-order valence-corrected chi connectivity index (χ3v) is 6.50. The normalized spacial score (nSPS) is 23.9. The van der Waals surface area contributed by atoms with Gasteiger partial charge in [0.25, 0.3) is 0 Å². The first kappa shape index (κ1) is 23.7. The fourth-order valence-electron chi connectivity index (χ4n) is 4.83. The van der Waals surface area contributed by atoms with Gasteiger partial charge in [-0.2, -0.15) is 0 Å². The number of nitrogens with one attached hydrogen (secondary N) is 2. The molecule has 0 bridgehead atoms. The van der Waals surface area contributed by atoms with Crippen molar-refractivity contribution in [3.8, 4) is 0 Å². The second kappa shape index (κ2) is 10.6. The number of carbonyl (C=O) groups excluding carboxylic acids is 3. The van der Waals surface area contributed by atoms with Crippen LogP contribution >= 0.6 is 0 Å². The Bertz CT molecular complexity index is 634. The van der Waals surface area contributed by atoms with Crippen molar-refractivity contribution in [1.29, 1.82) is 0 Å². The van der Waals surface area contributed by atoms with Crippen LogP contribution in [0.3, 0.4) is 0 Å². The molecule has 0 aromatic rings. The number of hydrogen-bond acceptors (Lipinski definition) is 4. The molecule has 176 valence electrons. The molecule has 4 amide bonds. The lowest BCUT2D eigenvalue weighted by Crippen LogP contribution is -2.53. The molecule has 0 aromatic carbocycles. The van der Waals surface area contributed by atoms with Gasteiger partial charge < -0.3 is 25.2 Å². The van der Waals surface area contributed by atoms with Crippen molar-refractivity contribution in [3.63, 3.8) is 0 Å². The first-order valence-electron chi connectivity index (χ1n) is 12.0. The number of hydrogen-bond donors (Lipinski definition) is 2. The summed E-state index contributed by atoms with van der Waals surface area (Å²) in [5.41, 5.74) is -0.536. The zero-order valence-corrected chi connectivity index (χ0v) is 19.5. The lowest BCUT2D eigenvalue weighted by atomic mass is 9.95. The second-order valence-corrected chi connectivity index (χ2v) is 10.3. The summed E-state index contributed by atoms with van der Waals surface area (Å²) in [7, 11) is 0. The zero-order chi connectivity index (χ0) is 22.4. The monoisotopic (exact) mass is 436 g/mol. The number of amides is 4. The third kappa shape index (κ3) is 7.28. The van der Waals surface area contributed by atoms with Gasteiger partial charge in [0.2, 0.25) is 5.91 Å². The van der Waals surface area contributed by atoms with E-state index in [4.69, 9.17) is 4.74 Å². The second-order valence-electron chi connectivity index (χ2n) is 10.3. The highest BCUT2D eigenvalue weighted by molar-refractivity contribution is 5.80. The van der Waals surface area contributed by atoms with Crippen molar-refractivity contribution in [2.75, 3.05) is 26.2 Å². The molecule has 3 fully saturated rings. The van der Waals surface area contributed by atoms with Gasteiger partial charge in [0, 0.05) is 38.3 Å². The molecule has 0 aromatic heterocycles. The minimum atomic E-state index is -0.536. The van der Waals surface area contributed by atoms with Gasteiger partial charge in [0.05, 0.1) is 5.92 Å². The van der Waals surface area contributed by atoms with E-state index in [-0.39, 0.29) is 30.0 Å². The Morgan fingerprint density at radius 3 is 2.00 bits per heavy atom. The summed E-state index contributed by atoms with van der Waals surface area (Å²) in [6.07, 6.45) is 8.62. The highest BCUT2D eigenvalue weighted by atomic mass is 16.6. The maximum atomic E-state index is 13.0. The van der Waals surface area contributed by atoms with Crippen LogP contribution in [0.1, 0.15) is 78.6 Å². The molecule has 3 rings (SSSR count). The smallest absolute Gasteiger partial charge is 0.410 e. The van der Waals surface area contributed by atoms with Crippen LogP contribution in [0.25, 0.3) is 0 Å². The van der Waals surface area contributed by atoms with Gasteiger partial charge in [-0.15, -0.1) is 0 Å². The molecular formula is C23H40N4O4. The summed E-state index contributed by atoms with van der Waals surface area (Å²) in [6, 6.07) is 0.337. The number of carbonyl (C=O) groups is 3. The molecule has 1 atom stereocenters. The van der Waals surface area contributed by atoms with Crippen molar-refractivity contribution in [3.05, 3.63) is 0 Å². The SMILES string of the molecule is CC(C)(C)OC(=O)N1CCCC(C(=O)N2CCC(NC(=O)NC3CCCCC3)CC2)C1. The number of piperidine rings is 2. The lowest BCUT2D eigenvalue weighted by molar-refractivity contribution is -0.138. The summed E-state index contributed by atoms with van der Waals surface area (Å²) < 4.78 is 5.47. The predicted octanol–water partition coefficient (Wildman–Crippen LogP) is 3.26. The number of nitrogens with zero attached hydrogens (tertiary/aromatic N) is 2. The fraction of sp³-hybridized carbons (Fsp3) is 0.870. The van der Waals surface area contributed by atoms with Crippen molar-refractivity contribution in [2.45, 2.75) is 96.2 Å². The van der Waals surface area contributed by atoms with Crippen LogP contribution in [0.4, 0.5) is 9.59 Å². The van der Waals surface area contributed by atoms with Crippen LogP contribution in [0, 0.1) is 5.92 Å². The average molecular weight is 437 g/mol. The van der Waals surface area contributed by atoms with E-state index in [9.17, 15) is 14.4 Å². The lowest BCUT2D eigenvalue weighted by Gasteiger charge is -2.38. The molecule has 3 aliphatic rings. The molecule has 31 heavy (non-hydrogen) atoms. The fourth-order valence-corrected chi connectivity index (χ4v) is 4.83. The zero-order valence-electron chi connectivity index (χ0n) is 19.5. The molecule has 2 aliphatic heterocycles. The average Bonchev–Trinajstić information content (AvgIpc) is 2.73. The minimum Gasteiger partial charge on any atom is -0.444 e. The summed E-state index contributed by atoms with van der Waals surface area (Å²) in [5.74, 6) is -0.0428. The molecular weight excluding hydrogens is 396 g/mol. The maximum Gasteiger partial charge on any atom is 0.410 e. The molecule has 1 unspecified atom stereocenters. The van der Waals surface area contributed by atoms with E-state index in [0.717, 1.165) is 38.5 Å². The van der Waals surface area contributed by atoms with Crippen molar-refractivity contribution in [1.82, 2.24) is 20.4 Å². The van der Waals surface area contributed by atoms with Crippen molar-refractivity contribution < 1.29 is 19.1 Å². The van der Waals surface area contributed by atoms with Gasteiger partial charge in [0.15, 0.2) is 0 Å². The Morgan fingerprint density at radius 1 is 0.774 bits per heavy atom. The first-order valence-corrected chi connectivity index (χ1v) is 12.0. The summed E-state index contributed by atoms with van der Waals surface area (Å²) in [5, 5.41) is 6.19. The summed E-state index contributed by atoms with van der Waals surface area (Å²) in [4.78, 5) is 41.3. The first-order chi connectivity index (χ1) is 14.7. The molecule has 1 saturated carbocycles. The third-order valence-electron chi connectivity index (χ3n) is 6.50. The van der Waals surface area contributed by atoms with E-state index in [2.05, 4.69) is 10.6 Å². The van der Waals surface area contributed by atoms with E-state index in [1.165, 1.54) is 19.3 Å². The Hall–Kier alpha value is -1.99. The van der Waals surface area contributed by atoms with Crippen LogP contribution in [0.2, 0.25) is 0 Å². The van der Waals surface area contributed by atoms with Gasteiger partial charge >= 0.3 is 12.1 Å². The molecule has 8 nitrogen and oxygen atoms in total. The van der Waals surface area contributed by atoms with Crippen LogP contribution in [0.15, 0.2) is 0 Å². The molecule has 2 saturated heterocycles. The standard InChI is InChI=1S/C23H40N4O4/c1-23(2,3)31-22(30)27-13-7-8-17(16-27)20(28)26-14-11-19(12-15-26)25-21(29)24-18-9-5-4-6-10-18/h17-19H,4-16H2,1-3H3,(H2,24,25,29). The molecule has 8 heteroatoms. The molecule has 1 aliphatic carbocycles. The highest BCUT2D eigenvalue weighted by Crippen LogP contribution is 2.23. The van der Waals surface area contributed by atoms with E-state index in [0.29, 0.717) is 32.2 Å². The number of ether oxygens (including phenoxy) is 1. The molecule has 0 spiro atoms. The quantitative estimate of drug-likeness (QED) is 0.710. The minimum absolute atomic E-state index is 0.0723. The Morgan fingerprint density at radius 2 is 1.39 bits per heavy atom. The molecule has 2 heterocycles. The summed E-state index contributed by atoms with van der Waals surface area (Å²) >= 11 is 0. The number of rotatable bonds is 3. The van der Waals surface area contributed by atoms with Crippen LogP contribution in [-0.2, 0) is 9.53 Å². The van der Waals surface area contributed by atoms with Gasteiger partial charge in [-0.05, 0) is 59.3 Å². The van der Waals surface area contributed by atoms with Crippen LogP contribution < -0.4 is 10.6 Å². The Kier molecular flexibility index (Phi) is 8.06. The topological polar surface area (TPSA) is 91.0 Å². The van der Waals surface area contributed by atoms with E-state index in [1.54, 1.807) is 4.90 Å². The highest BCUT2D eigenvalue weighted by Gasteiger charge is 2.34. The molecule has 2 N–H and O–H groups in total. The maximum absolute atomic E-state index is 13.0. The van der Waals surface area contributed by atoms with E-state index >= 15 is 0 Å². The van der Waals surface area contributed by atoms with Gasteiger partial charge in [-0.3, -0.25) is 4.79 Å². The van der Waals surface area contributed by atoms with Crippen molar-refractivity contribution in [2.24, 2.45) is 5.92 Å². The summed E-state index contributed by atoms with van der Waals surface area (Å²) in [6.45, 7) is 7.92. The van der Waals surface area contributed by atoms with Gasteiger partial charge in [0.1, 0.15) is 5.60 Å². The Balaban J connectivity index is 1.41. The van der Waals surface area contributed by atoms with Crippen LogP contribution in [-0.4, -0.2) is 71.7 Å². The predicted molar refractivity (Wildman–Crippen MR) is 119 cm³/mol. The van der Waals surface area contributed by atoms with Crippen LogP contribution in [0.5, 0.6) is 0 Å². The van der Waals surface area contributed by atoms with E-state index in [1.807, 2.05) is 25.7 Å². The van der Waals surface area contributed by atoms with Crippen molar-refractivity contribution >= 4 is 18.0 Å². The largest absolute Gasteiger partial charge is 0.444 e. The molecule has 0 radical (unpaired) electrons. The number of likely N-dealkylation sites (tertiary alicyclic amines) is 2. The Labute approximate surface area is 186 Å². The number of urea groups is 1. The van der Waals surface area contributed by atoms with Gasteiger partial charge in [-0.1, -0.05) is 19.3 Å². The van der Waals surface area contributed by atoms with Gasteiger partial charge in [-0.25, -0.2) is 9.59 Å².